The SMILES string of the molecule is CC=C(OC)/C(=C\C)S(=O)(=O)NC(=O)Nc1ccc(N(CC)CCO)cc1C. The lowest BCUT2D eigenvalue weighted by atomic mass is 10.1. The van der Waals surface area contributed by atoms with Gasteiger partial charge in [-0.05, 0) is 57.5 Å². The highest BCUT2D eigenvalue weighted by Gasteiger charge is 2.24. The molecule has 0 atom stereocenters. The molecule has 8 nitrogen and oxygen atoms in total. The number of benzene rings is 1. The van der Waals surface area contributed by atoms with Crippen molar-refractivity contribution in [2.75, 3.05) is 37.0 Å². The van der Waals surface area contributed by atoms with E-state index in [0.29, 0.717) is 12.2 Å². The number of rotatable bonds is 9. The first-order valence-electron chi connectivity index (χ1n) is 8.91. The summed E-state index contributed by atoms with van der Waals surface area (Å²) in [5.41, 5.74) is 2.15. The van der Waals surface area contributed by atoms with E-state index in [0.717, 1.165) is 17.8 Å². The number of methoxy groups -OCH3 is 1. The summed E-state index contributed by atoms with van der Waals surface area (Å²) >= 11 is 0. The number of carbonyl (C=O) groups is 1. The number of amides is 2. The van der Waals surface area contributed by atoms with Gasteiger partial charge in [-0.1, -0.05) is 6.08 Å². The Morgan fingerprint density at radius 1 is 1.29 bits per heavy atom. The van der Waals surface area contributed by atoms with Crippen LogP contribution in [-0.4, -0.2) is 46.4 Å². The summed E-state index contributed by atoms with van der Waals surface area (Å²) in [5, 5.41) is 11.7. The maximum absolute atomic E-state index is 12.5. The molecule has 1 rings (SSSR count). The van der Waals surface area contributed by atoms with Crippen LogP contribution >= 0.6 is 0 Å². The number of likely N-dealkylation sites (N-methyl/N-ethyl adjacent to an activating group) is 1. The third-order valence-electron chi connectivity index (χ3n) is 4.08. The molecule has 0 unspecified atom stereocenters. The maximum atomic E-state index is 12.5. The average Bonchev–Trinajstić information content (AvgIpc) is 2.64. The second-order valence-corrected chi connectivity index (χ2v) is 7.52. The van der Waals surface area contributed by atoms with Gasteiger partial charge in [-0.2, -0.15) is 0 Å². The average molecular weight is 412 g/mol. The molecular formula is C19H29N3O5S. The highest BCUT2D eigenvalue weighted by molar-refractivity contribution is 7.94. The van der Waals surface area contributed by atoms with Crippen LogP contribution in [0, 0.1) is 6.92 Å². The number of allylic oxidation sites excluding steroid dienone is 2. The predicted molar refractivity (Wildman–Crippen MR) is 112 cm³/mol. The lowest BCUT2D eigenvalue weighted by molar-refractivity contribution is 0.256. The standard InChI is InChI=1S/C19H29N3O5S/c1-6-17(27-5)18(7-2)28(25,26)21-19(24)20-16-10-9-15(13-14(16)4)22(8-3)11-12-23/h6-7,9-10,13,23H,8,11-12H2,1-5H3,(H2,20,21,24)/b17-6?,18-7+. The molecule has 2 amide bonds. The van der Waals surface area contributed by atoms with E-state index in [-0.39, 0.29) is 17.3 Å². The van der Waals surface area contributed by atoms with Gasteiger partial charge in [0, 0.05) is 24.5 Å². The Kier molecular flexibility index (Phi) is 9.01. The van der Waals surface area contributed by atoms with E-state index in [1.165, 1.54) is 19.3 Å². The highest BCUT2D eigenvalue weighted by Crippen LogP contribution is 2.23. The van der Waals surface area contributed by atoms with Gasteiger partial charge in [0.2, 0.25) is 0 Å². The van der Waals surface area contributed by atoms with Crippen molar-refractivity contribution < 1.29 is 23.1 Å². The van der Waals surface area contributed by atoms with Crippen LogP contribution in [0.25, 0.3) is 0 Å². The van der Waals surface area contributed by atoms with Gasteiger partial charge < -0.3 is 20.1 Å². The van der Waals surface area contributed by atoms with Gasteiger partial charge in [0.15, 0.2) is 0 Å². The van der Waals surface area contributed by atoms with Crippen LogP contribution in [0.3, 0.4) is 0 Å². The van der Waals surface area contributed by atoms with Gasteiger partial charge >= 0.3 is 6.03 Å². The van der Waals surface area contributed by atoms with Gasteiger partial charge in [0.25, 0.3) is 10.0 Å². The Bertz CT molecular complexity index is 847. The zero-order valence-electron chi connectivity index (χ0n) is 16.9. The number of aryl methyl sites for hydroxylation is 1. The van der Waals surface area contributed by atoms with Gasteiger partial charge in [-0.3, -0.25) is 0 Å². The molecule has 0 saturated heterocycles. The smallest absolute Gasteiger partial charge is 0.333 e. The number of carbonyl (C=O) groups excluding carboxylic acids is 1. The van der Waals surface area contributed by atoms with Crippen molar-refractivity contribution >= 4 is 27.4 Å². The van der Waals surface area contributed by atoms with E-state index in [4.69, 9.17) is 9.84 Å². The number of aliphatic hydroxyl groups excluding tert-OH is 1. The molecule has 1 aromatic carbocycles. The van der Waals surface area contributed by atoms with Gasteiger partial charge in [0.05, 0.1) is 13.7 Å². The van der Waals surface area contributed by atoms with E-state index in [2.05, 4.69) is 5.32 Å². The molecule has 0 fully saturated rings. The van der Waals surface area contributed by atoms with E-state index in [9.17, 15) is 13.2 Å². The Labute approximate surface area is 166 Å². The van der Waals surface area contributed by atoms with Crippen LogP contribution < -0.4 is 14.9 Å². The number of nitrogens with zero attached hydrogens (tertiary/aromatic N) is 1. The molecule has 3 N–H and O–H groups in total. The molecule has 0 aromatic heterocycles. The number of hydrogen-bond donors (Lipinski definition) is 3. The molecule has 0 saturated carbocycles. The molecule has 0 bridgehead atoms. The summed E-state index contributed by atoms with van der Waals surface area (Å²) in [5.74, 6) is 0.145. The Balaban J connectivity index is 2.96. The molecule has 1 aromatic rings. The predicted octanol–water partition coefficient (Wildman–Crippen LogP) is 2.72. The molecule has 0 aliphatic carbocycles. The molecule has 0 heterocycles. The van der Waals surface area contributed by atoms with E-state index < -0.39 is 16.1 Å². The summed E-state index contributed by atoms with van der Waals surface area (Å²) in [6.45, 7) is 8.23. The number of ether oxygens (including phenoxy) is 1. The second-order valence-electron chi connectivity index (χ2n) is 5.87. The third-order valence-corrected chi connectivity index (χ3v) is 5.55. The summed E-state index contributed by atoms with van der Waals surface area (Å²) in [7, 11) is -2.73. The first-order valence-corrected chi connectivity index (χ1v) is 10.4. The van der Waals surface area contributed by atoms with Crippen molar-refractivity contribution in [3.05, 3.63) is 46.6 Å². The Morgan fingerprint density at radius 2 is 1.96 bits per heavy atom. The minimum absolute atomic E-state index is 0.0378. The van der Waals surface area contributed by atoms with Crippen molar-refractivity contribution in [2.45, 2.75) is 27.7 Å². The van der Waals surface area contributed by atoms with Crippen LogP contribution in [0.4, 0.5) is 16.2 Å². The third kappa shape index (κ3) is 6.00. The largest absolute Gasteiger partial charge is 0.496 e. The summed E-state index contributed by atoms with van der Waals surface area (Å²) in [6, 6.07) is 4.49. The number of hydrogen-bond acceptors (Lipinski definition) is 6. The Morgan fingerprint density at radius 3 is 2.43 bits per heavy atom. The monoisotopic (exact) mass is 411 g/mol. The van der Waals surface area contributed by atoms with Gasteiger partial charge in [-0.15, -0.1) is 0 Å². The zero-order chi connectivity index (χ0) is 21.3. The summed E-state index contributed by atoms with van der Waals surface area (Å²) in [6.07, 6.45) is 2.86. The molecule has 0 spiro atoms. The molecule has 0 radical (unpaired) electrons. The first kappa shape index (κ1) is 23.5. The van der Waals surface area contributed by atoms with Crippen molar-refractivity contribution in [3.63, 3.8) is 0 Å². The van der Waals surface area contributed by atoms with Crippen LogP contribution in [0.5, 0.6) is 0 Å². The van der Waals surface area contributed by atoms with Crippen molar-refractivity contribution in [1.29, 1.82) is 0 Å². The minimum Gasteiger partial charge on any atom is -0.496 e. The van der Waals surface area contributed by atoms with Gasteiger partial charge in [-0.25, -0.2) is 17.9 Å². The van der Waals surface area contributed by atoms with E-state index in [1.54, 1.807) is 32.9 Å². The fourth-order valence-corrected chi connectivity index (χ4v) is 3.87. The fraction of sp³-hybridized carbons (Fsp3) is 0.421. The molecule has 9 heteroatoms. The molecule has 156 valence electrons. The van der Waals surface area contributed by atoms with E-state index in [1.807, 2.05) is 22.6 Å². The van der Waals surface area contributed by atoms with Crippen LogP contribution in [0.15, 0.2) is 41.0 Å². The lowest BCUT2D eigenvalue weighted by Crippen LogP contribution is -2.35. The highest BCUT2D eigenvalue weighted by atomic mass is 32.2. The quantitative estimate of drug-likeness (QED) is 0.426. The normalized spacial score (nSPS) is 12.5. The van der Waals surface area contributed by atoms with Crippen LogP contribution in [0.1, 0.15) is 26.3 Å². The summed E-state index contributed by atoms with van der Waals surface area (Å²) in [4.78, 5) is 14.1. The van der Waals surface area contributed by atoms with Crippen molar-refractivity contribution in [2.24, 2.45) is 0 Å². The summed E-state index contributed by atoms with van der Waals surface area (Å²) < 4.78 is 32.0. The molecule has 0 aliphatic heterocycles. The fourth-order valence-electron chi connectivity index (χ4n) is 2.69. The number of aliphatic hydroxyl groups is 1. The second kappa shape index (κ2) is 10.7. The lowest BCUT2D eigenvalue weighted by Gasteiger charge is -2.23. The number of sulfonamides is 1. The first-order chi connectivity index (χ1) is 13.2. The van der Waals surface area contributed by atoms with Crippen LogP contribution in [-0.2, 0) is 14.8 Å². The van der Waals surface area contributed by atoms with Crippen molar-refractivity contribution in [3.8, 4) is 0 Å². The molecule has 28 heavy (non-hydrogen) atoms. The zero-order valence-corrected chi connectivity index (χ0v) is 17.8. The Hall–Kier alpha value is -2.52. The van der Waals surface area contributed by atoms with E-state index >= 15 is 0 Å². The topological polar surface area (TPSA) is 108 Å². The van der Waals surface area contributed by atoms with Gasteiger partial charge in [0.1, 0.15) is 10.7 Å². The molecular weight excluding hydrogens is 382 g/mol. The number of urea groups is 1. The van der Waals surface area contributed by atoms with Crippen molar-refractivity contribution in [1.82, 2.24) is 4.72 Å². The number of nitrogens with one attached hydrogen (secondary N) is 2. The number of anilines is 2. The maximum Gasteiger partial charge on any atom is 0.333 e. The molecule has 0 aliphatic rings. The van der Waals surface area contributed by atoms with Crippen LogP contribution in [0.2, 0.25) is 0 Å². The minimum atomic E-state index is -4.09.